The van der Waals surface area contributed by atoms with Gasteiger partial charge in [-0.3, -0.25) is 0 Å². The summed E-state index contributed by atoms with van der Waals surface area (Å²) < 4.78 is 13.1. The van der Waals surface area contributed by atoms with Crippen LogP contribution in [0, 0.1) is 5.82 Å². The highest BCUT2D eigenvalue weighted by atomic mass is 19.1. The molecule has 2 rings (SSSR count). The molecule has 1 saturated carbocycles. The summed E-state index contributed by atoms with van der Waals surface area (Å²) in [7, 11) is 0. The molecule has 0 bridgehead atoms. The fourth-order valence-corrected chi connectivity index (χ4v) is 1.50. The van der Waals surface area contributed by atoms with E-state index in [1.807, 2.05) is 12.1 Å². The summed E-state index contributed by atoms with van der Waals surface area (Å²) in [6, 6.07) is 6.93. The second-order valence-electron chi connectivity index (χ2n) is 3.95. The van der Waals surface area contributed by atoms with Gasteiger partial charge in [-0.1, -0.05) is 18.2 Å². The number of rotatable bonds is 3. The topological polar surface area (TPSA) is 26.0 Å². The molecule has 0 aliphatic heterocycles. The average molecular weight is 179 g/mol. The summed E-state index contributed by atoms with van der Waals surface area (Å²) in [5.74, 6) is -0.105. The van der Waals surface area contributed by atoms with Crippen molar-refractivity contribution in [2.45, 2.75) is 31.2 Å². The third-order valence-electron chi connectivity index (χ3n) is 2.74. The Morgan fingerprint density at radius 1 is 1.31 bits per heavy atom. The highest BCUT2D eigenvalue weighted by Crippen LogP contribution is 2.36. The van der Waals surface area contributed by atoms with Gasteiger partial charge in [0.1, 0.15) is 5.82 Å². The van der Waals surface area contributed by atoms with Gasteiger partial charge < -0.3 is 5.73 Å². The van der Waals surface area contributed by atoms with Crippen LogP contribution >= 0.6 is 0 Å². The van der Waals surface area contributed by atoms with Crippen LogP contribution in [-0.4, -0.2) is 5.54 Å². The first-order valence-corrected chi connectivity index (χ1v) is 4.72. The van der Waals surface area contributed by atoms with Crippen molar-refractivity contribution in [2.24, 2.45) is 5.73 Å². The van der Waals surface area contributed by atoms with E-state index in [0.717, 1.165) is 31.2 Å². The van der Waals surface area contributed by atoms with Gasteiger partial charge >= 0.3 is 0 Å². The van der Waals surface area contributed by atoms with Crippen LogP contribution in [0.5, 0.6) is 0 Å². The van der Waals surface area contributed by atoms with Crippen LogP contribution in [-0.2, 0) is 6.42 Å². The van der Waals surface area contributed by atoms with E-state index in [9.17, 15) is 4.39 Å². The Morgan fingerprint density at radius 2 is 2.00 bits per heavy atom. The summed E-state index contributed by atoms with van der Waals surface area (Å²) in [4.78, 5) is 0. The second-order valence-corrected chi connectivity index (χ2v) is 3.95. The molecule has 1 aromatic rings. The molecule has 0 radical (unpaired) electrons. The molecule has 1 aliphatic rings. The SMILES string of the molecule is NC1(CCc2ccccc2F)CC1. The quantitative estimate of drug-likeness (QED) is 0.756. The predicted molar refractivity (Wildman–Crippen MR) is 50.9 cm³/mol. The van der Waals surface area contributed by atoms with Crippen LogP contribution in [0.1, 0.15) is 24.8 Å². The van der Waals surface area contributed by atoms with Crippen LogP contribution in [0.15, 0.2) is 24.3 Å². The van der Waals surface area contributed by atoms with Gasteiger partial charge in [0, 0.05) is 5.54 Å². The van der Waals surface area contributed by atoms with Crippen molar-refractivity contribution < 1.29 is 4.39 Å². The first-order valence-electron chi connectivity index (χ1n) is 4.72. The molecule has 0 unspecified atom stereocenters. The molecular weight excluding hydrogens is 165 g/mol. The standard InChI is InChI=1S/C11H14FN/c12-10-4-2-1-3-9(10)5-6-11(13)7-8-11/h1-4H,5-8,13H2. The summed E-state index contributed by atoms with van der Waals surface area (Å²) in [6.07, 6.45) is 3.88. The van der Waals surface area contributed by atoms with Crippen LogP contribution in [0.25, 0.3) is 0 Å². The van der Waals surface area contributed by atoms with E-state index in [0.29, 0.717) is 0 Å². The lowest BCUT2D eigenvalue weighted by molar-refractivity contribution is 0.571. The van der Waals surface area contributed by atoms with E-state index in [2.05, 4.69) is 0 Å². The normalized spacial score (nSPS) is 18.6. The van der Waals surface area contributed by atoms with Gasteiger partial charge in [0.25, 0.3) is 0 Å². The maximum absolute atomic E-state index is 13.1. The highest BCUT2D eigenvalue weighted by molar-refractivity contribution is 5.18. The van der Waals surface area contributed by atoms with Crippen molar-refractivity contribution in [2.75, 3.05) is 0 Å². The lowest BCUT2D eigenvalue weighted by Gasteiger charge is -2.08. The highest BCUT2D eigenvalue weighted by Gasteiger charge is 2.37. The van der Waals surface area contributed by atoms with Crippen molar-refractivity contribution in [3.8, 4) is 0 Å². The molecule has 1 aromatic carbocycles. The molecule has 1 aliphatic carbocycles. The van der Waals surface area contributed by atoms with Crippen LogP contribution in [0.3, 0.4) is 0 Å². The van der Waals surface area contributed by atoms with Crippen LogP contribution in [0.4, 0.5) is 4.39 Å². The fraction of sp³-hybridized carbons (Fsp3) is 0.455. The third kappa shape index (κ3) is 2.07. The average Bonchev–Trinajstić information content (AvgIpc) is 2.83. The molecule has 0 spiro atoms. The summed E-state index contributed by atoms with van der Waals surface area (Å²) in [5.41, 5.74) is 6.74. The Morgan fingerprint density at radius 3 is 2.62 bits per heavy atom. The van der Waals surface area contributed by atoms with Gasteiger partial charge in [-0.15, -0.1) is 0 Å². The number of aryl methyl sites for hydroxylation is 1. The van der Waals surface area contributed by atoms with Gasteiger partial charge in [-0.05, 0) is 37.3 Å². The summed E-state index contributed by atoms with van der Waals surface area (Å²) in [5, 5.41) is 0. The first kappa shape index (κ1) is 8.70. The molecule has 2 heteroatoms. The Kier molecular flexibility index (Phi) is 2.08. The molecule has 0 amide bonds. The van der Waals surface area contributed by atoms with Gasteiger partial charge in [-0.25, -0.2) is 4.39 Å². The van der Waals surface area contributed by atoms with Gasteiger partial charge in [0.05, 0.1) is 0 Å². The maximum Gasteiger partial charge on any atom is 0.126 e. The lowest BCUT2D eigenvalue weighted by atomic mass is 10.0. The monoisotopic (exact) mass is 179 g/mol. The number of hydrogen-bond donors (Lipinski definition) is 1. The molecule has 1 fully saturated rings. The number of halogens is 1. The summed E-state index contributed by atoms with van der Waals surface area (Å²) in [6.45, 7) is 0. The molecule has 2 N–H and O–H groups in total. The zero-order valence-corrected chi connectivity index (χ0v) is 7.59. The van der Waals surface area contributed by atoms with Crippen molar-refractivity contribution in [3.63, 3.8) is 0 Å². The van der Waals surface area contributed by atoms with Crippen molar-refractivity contribution in [1.82, 2.24) is 0 Å². The van der Waals surface area contributed by atoms with E-state index < -0.39 is 0 Å². The number of hydrogen-bond acceptors (Lipinski definition) is 1. The Balaban J connectivity index is 1.97. The molecule has 0 atom stereocenters. The number of nitrogens with two attached hydrogens (primary N) is 1. The van der Waals surface area contributed by atoms with E-state index in [1.165, 1.54) is 6.07 Å². The molecule has 70 valence electrons. The van der Waals surface area contributed by atoms with Crippen LogP contribution < -0.4 is 5.73 Å². The van der Waals surface area contributed by atoms with E-state index in [4.69, 9.17) is 5.73 Å². The minimum atomic E-state index is -0.105. The molecule has 1 nitrogen and oxygen atoms in total. The lowest BCUT2D eigenvalue weighted by Crippen LogP contribution is -2.22. The third-order valence-corrected chi connectivity index (χ3v) is 2.74. The Hall–Kier alpha value is -0.890. The van der Waals surface area contributed by atoms with E-state index in [1.54, 1.807) is 6.07 Å². The predicted octanol–water partition coefficient (Wildman–Crippen LogP) is 2.25. The fourth-order valence-electron chi connectivity index (χ4n) is 1.50. The molecule has 0 saturated heterocycles. The molecule has 13 heavy (non-hydrogen) atoms. The zero-order chi connectivity index (χ0) is 9.31. The van der Waals surface area contributed by atoms with Crippen molar-refractivity contribution in [1.29, 1.82) is 0 Å². The minimum Gasteiger partial charge on any atom is -0.325 e. The minimum absolute atomic E-state index is 0.0300. The van der Waals surface area contributed by atoms with Crippen molar-refractivity contribution in [3.05, 3.63) is 35.6 Å². The summed E-state index contributed by atoms with van der Waals surface area (Å²) >= 11 is 0. The van der Waals surface area contributed by atoms with Gasteiger partial charge in [0.15, 0.2) is 0 Å². The zero-order valence-electron chi connectivity index (χ0n) is 7.59. The smallest absolute Gasteiger partial charge is 0.126 e. The van der Waals surface area contributed by atoms with Gasteiger partial charge in [0.2, 0.25) is 0 Å². The molecular formula is C11H14FN. The van der Waals surface area contributed by atoms with E-state index in [-0.39, 0.29) is 11.4 Å². The molecule has 0 aromatic heterocycles. The molecule has 0 heterocycles. The van der Waals surface area contributed by atoms with Crippen LogP contribution in [0.2, 0.25) is 0 Å². The Labute approximate surface area is 77.8 Å². The second kappa shape index (κ2) is 3.11. The maximum atomic E-state index is 13.1. The van der Waals surface area contributed by atoms with Crippen molar-refractivity contribution >= 4 is 0 Å². The Bertz CT molecular complexity index is 305. The number of benzene rings is 1. The van der Waals surface area contributed by atoms with E-state index >= 15 is 0 Å². The first-order chi connectivity index (χ1) is 6.20. The van der Waals surface area contributed by atoms with Gasteiger partial charge in [-0.2, -0.15) is 0 Å². The largest absolute Gasteiger partial charge is 0.325 e.